The van der Waals surface area contributed by atoms with Crippen LogP contribution in [0.25, 0.3) is 0 Å². The minimum absolute atomic E-state index is 0.240. The molecular weight excluding hydrogens is 702 g/mol. The van der Waals surface area contributed by atoms with E-state index in [4.69, 9.17) is 0 Å². The number of halogens is 21. The molecule has 1 nitrogen and oxygen atoms in total. The molecule has 0 aromatic carbocycles. The number of hydrogen-bond acceptors (Lipinski definition) is 1. The van der Waals surface area contributed by atoms with Gasteiger partial charge in [0.1, 0.15) is 0 Å². The van der Waals surface area contributed by atoms with Gasteiger partial charge in [-0.15, -0.1) is 0 Å². The van der Waals surface area contributed by atoms with Gasteiger partial charge in [0.15, 0.2) is 0 Å². The van der Waals surface area contributed by atoms with Crippen molar-refractivity contribution in [1.82, 2.24) is 0 Å². The summed E-state index contributed by atoms with van der Waals surface area (Å²) in [7, 11) is 0. The monoisotopic (exact) mass is 714 g/mol. The molecule has 0 saturated carbocycles. The summed E-state index contributed by atoms with van der Waals surface area (Å²) < 4.78 is 265. The van der Waals surface area contributed by atoms with Crippen LogP contribution in [0.5, 0.6) is 0 Å². The zero-order valence-electron chi connectivity index (χ0n) is 17.2. The summed E-state index contributed by atoms with van der Waals surface area (Å²) in [6, 6.07) is 0. The molecule has 0 spiro atoms. The van der Waals surface area contributed by atoms with E-state index in [2.05, 4.69) is 3.07 Å². The molecule has 0 unspecified atom stereocenters. The van der Waals surface area contributed by atoms with Gasteiger partial charge in [-0.05, 0) is 0 Å². The van der Waals surface area contributed by atoms with E-state index in [-0.39, 0.29) is 6.92 Å². The molecule has 0 aliphatic heterocycles. The van der Waals surface area contributed by atoms with Gasteiger partial charge in [-0.25, -0.2) is 0 Å². The van der Waals surface area contributed by atoms with Gasteiger partial charge in [0.05, 0.1) is 0 Å². The van der Waals surface area contributed by atoms with Gasteiger partial charge in [-0.1, -0.05) is 0 Å². The summed E-state index contributed by atoms with van der Waals surface area (Å²) in [6.45, 7) is -15.4. The molecule has 0 radical (unpaired) electrons. The first kappa shape index (κ1) is 36.3. The molecule has 0 aliphatic carbocycles. The summed E-state index contributed by atoms with van der Waals surface area (Å²) in [6.07, 6.45) is 0. The van der Waals surface area contributed by atoms with Gasteiger partial charge in [0.25, 0.3) is 0 Å². The first-order chi connectivity index (χ1) is 16.0. The Balaban J connectivity index is 8.43. The predicted octanol–water partition coefficient (Wildman–Crippen LogP) is 7.21. The van der Waals surface area contributed by atoms with E-state index < -0.39 is 92.8 Å². The Morgan fingerprint density at radius 2 is 0.622 bits per heavy atom. The van der Waals surface area contributed by atoms with Crippen molar-refractivity contribution in [1.29, 1.82) is 0 Å². The zero-order chi connectivity index (χ0) is 30.5. The molecule has 0 fully saturated rings. The molecule has 0 aromatic rings. The number of alkyl halides is 21. The van der Waals surface area contributed by atoms with Crippen LogP contribution in [0.15, 0.2) is 0 Å². The normalized spacial score (nSPS) is 16.4. The Morgan fingerprint density at radius 3 is 0.757 bits per heavy atom. The van der Waals surface area contributed by atoms with Crippen LogP contribution in [0.3, 0.4) is 0 Å². The molecule has 0 aromatic heterocycles. The van der Waals surface area contributed by atoms with Crippen molar-refractivity contribution >= 4 is 18.8 Å². The van der Waals surface area contributed by atoms with Gasteiger partial charge in [0.2, 0.25) is 0 Å². The maximum atomic E-state index is 14.7. The summed E-state index contributed by atoms with van der Waals surface area (Å²) in [5, 5.41) is 0. The molecule has 0 heterocycles. The zero-order valence-corrected chi connectivity index (χ0v) is 20.0. The fraction of sp³-hybridized carbons (Fsp3) is 1.00. The third-order valence-electron chi connectivity index (χ3n) is 4.75. The SMILES string of the molecule is CC[O][Sn]([C](F)(F)C(F)(F)C(F)(F)CF)([C](F)(F)C(F)(F)C(F)(F)CF)[C](F)(F)C(F)(F)C(F)(F)CF. The maximum absolute atomic E-state index is 14.7. The Morgan fingerprint density at radius 1 is 0.432 bits per heavy atom. The van der Waals surface area contributed by atoms with Crippen LogP contribution < -0.4 is 0 Å². The molecule has 0 rings (SSSR count). The molecule has 0 aliphatic rings. The van der Waals surface area contributed by atoms with E-state index in [1.165, 1.54) is 0 Å². The third kappa shape index (κ3) is 4.49. The fourth-order valence-electron chi connectivity index (χ4n) is 2.68. The van der Waals surface area contributed by atoms with Crippen molar-refractivity contribution in [3.8, 4) is 0 Å². The standard InChI is InChI=1S/3C4H2F7.C2H5O.Sn/c3*5-1-3(8,9)4(10,11)2(6)7;1-2-3;/h3*1H2;2H2,1H3;/q;;;-1;+1. The number of hydrogen-bond donors (Lipinski definition) is 0. The Labute approximate surface area is 195 Å². The van der Waals surface area contributed by atoms with Crippen LogP contribution in [0.2, 0.25) is 0 Å². The fourth-order valence-corrected chi connectivity index (χ4v) is 14.2. The first-order valence-corrected chi connectivity index (χ1v) is 14.2. The molecule has 224 valence electrons. The van der Waals surface area contributed by atoms with Crippen LogP contribution >= 0.6 is 0 Å². The van der Waals surface area contributed by atoms with E-state index >= 15 is 0 Å². The molecule has 37 heavy (non-hydrogen) atoms. The van der Waals surface area contributed by atoms with Crippen molar-refractivity contribution < 1.29 is 95.3 Å². The van der Waals surface area contributed by atoms with Crippen molar-refractivity contribution in [3.05, 3.63) is 0 Å². The third-order valence-corrected chi connectivity index (χ3v) is 17.1. The van der Waals surface area contributed by atoms with Crippen LogP contribution in [-0.4, -0.2) is 92.8 Å². The topological polar surface area (TPSA) is 9.23 Å². The Kier molecular flexibility index (Phi) is 9.85. The summed E-state index contributed by atoms with van der Waals surface area (Å²) in [4.78, 5) is 0. The van der Waals surface area contributed by atoms with Crippen molar-refractivity contribution in [2.75, 3.05) is 26.6 Å². The van der Waals surface area contributed by atoms with Crippen LogP contribution in [0.1, 0.15) is 6.92 Å². The van der Waals surface area contributed by atoms with Gasteiger partial charge in [-0.2, -0.15) is 0 Å². The Hall–Kier alpha value is -0.711. The van der Waals surface area contributed by atoms with Gasteiger partial charge < -0.3 is 0 Å². The van der Waals surface area contributed by atoms with Crippen molar-refractivity contribution in [2.24, 2.45) is 0 Å². The first-order valence-electron chi connectivity index (χ1n) is 8.71. The van der Waals surface area contributed by atoms with Crippen molar-refractivity contribution in [3.63, 3.8) is 0 Å². The van der Waals surface area contributed by atoms with Gasteiger partial charge >= 0.3 is 195 Å². The van der Waals surface area contributed by atoms with E-state index in [9.17, 15) is 92.2 Å². The summed E-state index contributed by atoms with van der Waals surface area (Å²) >= 11 is -12.1. The second kappa shape index (κ2) is 10.0. The quantitative estimate of drug-likeness (QED) is 0.137. The molecule has 23 heteroatoms. The molecule has 0 saturated heterocycles. The average Bonchev–Trinajstić information content (AvgIpc) is 2.75. The predicted molar refractivity (Wildman–Crippen MR) is 79.8 cm³/mol. The average molecular weight is 713 g/mol. The number of rotatable bonds is 14. The van der Waals surface area contributed by atoms with Gasteiger partial charge in [-0.3, -0.25) is 0 Å². The molecular formula is C14H11F21OSn. The second-order valence-corrected chi connectivity index (χ2v) is 17.2. The minimum atomic E-state index is -12.1. The van der Waals surface area contributed by atoms with Crippen molar-refractivity contribution in [2.45, 2.75) is 54.3 Å². The van der Waals surface area contributed by atoms with Crippen LogP contribution in [0, 0.1) is 0 Å². The molecule has 0 N–H and O–H groups in total. The van der Waals surface area contributed by atoms with E-state index in [0.29, 0.717) is 0 Å². The van der Waals surface area contributed by atoms with E-state index in [1.54, 1.807) is 0 Å². The molecule has 0 bridgehead atoms. The molecule has 0 atom stereocenters. The van der Waals surface area contributed by atoms with Gasteiger partial charge in [0, 0.05) is 0 Å². The summed E-state index contributed by atoms with van der Waals surface area (Å²) in [5.41, 5.74) is 0. The summed E-state index contributed by atoms with van der Waals surface area (Å²) in [5.74, 6) is -46.5. The van der Waals surface area contributed by atoms with Crippen LogP contribution in [-0.2, 0) is 3.07 Å². The van der Waals surface area contributed by atoms with E-state index in [1.807, 2.05) is 0 Å². The van der Waals surface area contributed by atoms with E-state index in [0.717, 1.165) is 0 Å². The molecule has 0 amide bonds. The second-order valence-electron chi connectivity index (χ2n) is 7.07. The Bertz CT molecular complexity index is 694. The van der Waals surface area contributed by atoms with Crippen LogP contribution in [0.4, 0.5) is 92.2 Å².